The van der Waals surface area contributed by atoms with Gasteiger partial charge in [-0.1, -0.05) is 6.92 Å². The van der Waals surface area contributed by atoms with Crippen LogP contribution in [0, 0.1) is 5.92 Å². The molecule has 0 spiro atoms. The number of primary amides is 1. The van der Waals surface area contributed by atoms with Crippen molar-refractivity contribution in [2.75, 3.05) is 32.7 Å². The standard InChI is InChI=1S/C12H25N3O/c1-2-7-15(8-5-12(13)16)10-11-4-3-6-14-9-11/h11,14H,2-10H2,1H3,(H2,13,16). The summed E-state index contributed by atoms with van der Waals surface area (Å²) < 4.78 is 0. The molecule has 1 fully saturated rings. The molecular weight excluding hydrogens is 202 g/mol. The minimum atomic E-state index is -0.192. The predicted octanol–water partition coefficient (Wildman–Crippen LogP) is 0.573. The van der Waals surface area contributed by atoms with E-state index in [9.17, 15) is 4.79 Å². The summed E-state index contributed by atoms with van der Waals surface area (Å²) in [6, 6.07) is 0. The van der Waals surface area contributed by atoms with Gasteiger partial charge in [0.15, 0.2) is 0 Å². The van der Waals surface area contributed by atoms with Crippen molar-refractivity contribution in [3.63, 3.8) is 0 Å². The molecule has 1 rings (SSSR count). The smallest absolute Gasteiger partial charge is 0.218 e. The zero-order valence-electron chi connectivity index (χ0n) is 10.4. The van der Waals surface area contributed by atoms with E-state index in [2.05, 4.69) is 17.1 Å². The zero-order valence-corrected chi connectivity index (χ0v) is 10.4. The second kappa shape index (κ2) is 7.63. The molecule has 1 aliphatic heterocycles. The van der Waals surface area contributed by atoms with Crippen LogP contribution in [-0.4, -0.2) is 43.5 Å². The van der Waals surface area contributed by atoms with Gasteiger partial charge in [0.25, 0.3) is 0 Å². The molecule has 4 nitrogen and oxygen atoms in total. The average molecular weight is 227 g/mol. The normalized spacial score (nSPS) is 21.2. The number of hydrogen-bond acceptors (Lipinski definition) is 3. The third kappa shape index (κ3) is 5.47. The van der Waals surface area contributed by atoms with Gasteiger partial charge in [0, 0.05) is 19.5 Å². The fourth-order valence-corrected chi connectivity index (χ4v) is 2.32. The van der Waals surface area contributed by atoms with Crippen LogP contribution in [0.15, 0.2) is 0 Å². The molecule has 0 aromatic carbocycles. The summed E-state index contributed by atoms with van der Waals surface area (Å²) in [6.07, 6.45) is 4.21. The van der Waals surface area contributed by atoms with Gasteiger partial charge in [-0.3, -0.25) is 4.79 Å². The predicted molar refractivity (Wildman–Crippen MR) is 66.1 cm³/mol. The number of nitrogens with two attached hydrogens (primary N) is 1. The largest absolute Gasteiger partial charge is 0.370 e. The molecule has 1 heterocycles. The van der Waals surface area contributed by atoms with Gasteiger partial charge in [-0.2, -0.15) is 0 Å². The van der Waals surface area contributed by atoms with Crippen molar-refractivity contribution >= 4 is 5.91 Å². The van der Waals surface area contributed by atoms with E-state index in [0.29, 0.717) is 6.42 Å². The summed E-state index contributed by atoms with van der Waals surface area (Å²) in [4.78, 5) is 13.2. The molecule has 1 unspecified atom stereocenters. The van der Waals surface area contributed by atoms with E-state index in [-0.39, 0.29) is 5.91 Å². The molecule has 0 aromatic heterocycles. The first-order chi connectivity index (χ1) is 7.72. The van der Waals surface area contributed by atoms with Crippen molar-refractivity contribution in [3.8, 4) is 0 Å². The summed E-state index contributed by atoms with van der Waals surface area (Å²) in [5, 5.41) is 3.43. The Kier molecular flexibility index (Phi) is 6.42. The monoisotopic (exact) mass is 227 g/mol. The van der Waals surface area contributed by atoms with Gasteiger partial charge in [-0.05, 0) is 44.8 Å². The molecule has 94 valence electrons. The Hall–Kier alpha value is -0.610. The lowest BCUT2D eigenvalue weighted by molar-refractivity contribution is -0.118. The van der Waals surface area contributed by atoms with Gasteiger partial charge in [-0.15, -0.1) is 0 Å². The van der Waals surface area contributed by atoms with E-state index in [1.165, 1.54) is 12.8 Å². The van der Waals surface area contributed by atoms with Crippen LogP contribution in [0.3, 0.4) is 0 Å². The van der Waals surface area contributed by atoms with Gasteiger partial charge in [0.2, 0.25) is 5.91 Å². The maximum absolute atomic E-state index is 10.8. The van der Waals surface area contributed by atoms with Crippen LogP contribution in [0.1, 0.15) is 32.6 Å². The van der Waals surface area contributed by atoms with Crippen molar-refractivity contribution in [2.24, 2.45) is 11.7 Å². The van der Waals surface area contributed by atoms with Crippen LogP contribution >= 0.6 is 0 Å². The molecule has 0 bridgehead atoms. The molecule has 1 saturated heterocycles. The molecule has 0 aliphatic carbocycles. The molecule has 3 N–H and O–H groups in total. The van der Waals surface area contributed by atoms with Crippen molar-refractivity contribution in [2.45, 2.75) is 32.6 Å². The number of carbonyl (C=O) groups excluding carboxylic acids is 1. The summed E-state index contributed by atoms with van der Waals surface area (Å²) in [5.41, 5.74) is 5.19. The number of nitrogens with one attached hydrogen (secondary N) is 1. The number of hydrogen-bond donors (Lipinski definition) is 2. The molecule has 1 amide bonds. The molecule has 4 heteroatoms. The van der Waals surface area contributed by atoms with Crippen LogP contribution in [0.2, 0.25) is 0 Å². The van der Waals surface area contributed by atoms with Gasteiger partial charge >= 0.3 is 0 Å². The molecule has 1 atom stereocenters. The molecule has 1 aliphatic rings. The third-order valence-corrected chi connectivity index (χ3v) is 3.13. The first kappa shape index (κ1) is 13.5. The van der Waals surface area contributed by atoms with Crippen LogP contribution in [-0.2, 0) is 4.79 Å². The third-order valence-electron chi connectivity index (χ3n) is 3.13. The van der Waals surface area contributed by atoms with Crippen LogP contribution in [0.5, 0.6) is 0 Å². The number of carbonyl (C=O) groups is 1. The molecular formula is C12H25N3O. The van der Waals surface area contributed by atoms with E-state index in [1.807, 2.05) is 0 Å². The Morgan fingerprint density at radius 2 is 2.31 bits per heavy atom. The highest BCUT2D eigenvalue weighted by Gasteiger charge is 2.16. The Balaban J connectivity index is 2.27. The molecule has 0 aromatic rings. The summed E-state index contributed by atoms with van der Waals surface area (Å²) in [5.74, 6) is 0.552. The van der Waals surface area contributed by atoms with Crippen molar-refractivity contribution in [1.82, 2.24) is 10.2 Å². The first-order valence-electron chi connectivity index (χ1n) is 6.43. The van der Waals surface area contributed by atoms with Crippen molar-refractivity contribution < 1.29 is 4.79 Å². The Bertz CT molecular complexity index is 202. The van der Waals surface area contributed by atoms with Gasteiger partial charge in [0.1, 0.15) is 0 Å². The number of nitrogens with zero attached hydrogens (tertiary/aromatic N) is 1. The van der Waals surface area contributed by atoms with Gasteiger partial charge in [0.05, 0.1) is 0 Å². The lowest BCUT2D eigenvalue weighted by atomic mass is 9.99. The highest BCUT2D eigenvalue weighted by atomic mass is 16.1. The lowest BCUT2D eigenvalue weighted by Gasteiger charge is -2.29. The number of piperidine rings is 1. The fraction of sp³-hybridized carbons (Fsp3) is 0.917. The molecule has 0 radical (unpaired) electrons. The quantitative estimate of drug-likeness (QED) is 0.668. The van der Waals surface area contributed by atoms with Gasteiger partial charge < -0.3 is 16.0 Å². The van der Waals surface area contributed by atoms with Crippen LogP contribution in [0.4, 0.5) is 0 Å². The highest BCUT2D eigenvalue weighted by Crippen LogP contribution is 2.12. The second-order valence-corrected chi connectivity index (χ2v) is 4.73. The number of rotatable bonds is 7. The molecule has 16 heavy (non-hydrogen) atoms. The van der Waals surface area contributed by atoms with E-state index in [0.717, 1.165) is 45.1 Å². The fourth-order valence-electron chi connectivity index (χ4n) is 2.32. The number of amides is 1. The minimum Gasteiger partial charge on any atom is -0.370 e. The lowest BCUT2D eigenvalue weighted by Crippen LogP contribution is -2.39. The topological polar surface area (TPSA) is 58.4 Å². The van der Waals surface area contributed by atoms with Gasteiger partial charge in [-0.25, -0.2) is 0 Å². The highest BCUT2D eigenvalue weighted by molar-refractivity contribution is 5.73. The van der Waals surface area contributed by atoms with E-state index in [1.54, 1.807) is 0 Å². The van der Waals surface area contributed by atoms with E-state index >= 15 is 0 Å². The maximum Gasteiger partial charge on any atom is 0.218 e. The Morgan fingerprint density at radius 3 is 2.88 bits per heavy atom. The Morgan fingerprint density at radius 1 is 1.50 bits per heavy atom. The molecule has 0 saturated carbocycles. The second-order valence-electron chi connectivity index (χ2n) is 4.73. The summed E-state index contributed by atoms with van der Waals surface area (Å²) >= 11 is 0. The average Bonchev–Trinajstić information content (AvgIpc) is 2.27. The van der Waals surface area contributed by atoms with Crippen molar-refractivity contribution in [1.29, 1.82) is 0 Å². The van der Waals surface area contributed by atoms with E-state index in [4.69, 9.17) is 5.73 Å². The minimum absolute atomic E-state index is 0.192. The SMILES string of the molecule is CCCN(CCC(N)=O)CC1CCCNC1. The Labute approximate surface area is 98.6 Å². The zero-order chi connectivity index (χ0) is 11.8. The maximum atomic E-state index is 10.8. The summed E-state index contributed by atoms with van der Waals surface area (Å²) in [6.45, 7) is 7.45. The first-order valence-corrected chi connectivity index (χ1v) is 6.43. The van der Waals surface area contributed by atoms with Crippen molar-refractivity contribution in [3.05, 3.63) is 0 Å². The van der Waals surface area contributed by atoms with E-state index < -0.39 is 0 Å². The van der Waals surface area contributed by atoms with Crippen LogP contribution < -0.4 is 11.1 Å². The summed E-state index contributed by atoms with van der Waals surface area (Å²) in [7, 11) is 0. The van der Waals surface area contributed by atoms with Crippen LogP contribution in [0.25, 0.3) is 0 Å².